The zero-order valence-electron chi connectivity index (χ0n) is 29.6. The van der Waals surface area contributed by atoms with E-state index < -0.39 is 0 Å². The van der Waals surface area contributed by atoms with Crippen LogP contribution < -0.4 is 0 Å². The van der Waals surface area contributed by atoms with Crippen molar-refractivity contribution >= 4 is 64.6 Å². The molecule has 0 heterocycles. The summed E-state index contributed by atoms with van der Waals surface area (Å²) in [6, 6.07) is 76.3. The van der Waals surface area contributed by atoms with E-state index >= 15 is 0 Å². The summed E-state index contributed by atoms with van der Waals surface area (Å²) in [7, 11) is 0. The van der Waals surface area contributed by atoms with Gasteiger partial charge in [-0.1, -0.05) is 170 Å². The van der Waals surface area contributed by atoms with E-state index in [1.165, 1.54) is 109 Å². The van der Waals surface area contributed by atoms with Gasteiger partial charge < -0.3 is 0 Å². The number of benzene rings is 11. The molecule has 0 aliphatic heterocycles. The molecule has 11 rings (SSSR count). The molecule has 0 spiro atoms. The zero-order chi connectivity index (χ0) is 35.6. The summed E-state index contributed by atoms with van der Waals surface area (Å²) >= 11 is 0. The number of fused-ring (bicyclic) bond motifs is 6. The van der Waals surface area contributed by atoms with Crippen LogP contribution in [-0.2, 0) is 0 Å². The van der Waals surface area contributed by atoms with E-state index in [-0.39, 0.29) is 0 Å². The fourth-order valence-corrected chi connectivity index (χ4v) is 8.64. The first kappa shape index (κ1) is 30.6. The molecule has 11 aromatic carbocycles. The van der Waals surface area contributed by atoms with Gasteiger partial charge >= 0.3 is 0 Å². The third-order valence-electron chi connectivity index (χ3n) is 11.4. The van der Waals surface area contributed by atoms with Crippen LogP contribution in [0.4, 0.5) is 0 Å². The molecule has 0 nitrogen and oxygen atoms in total. The number of rotatable bonds is 4. The fourth-order valence-electron chi connectivity index (χ4n) is 8.64. The van der Waals surface area contributed by atoms with Gasteiger partial charge in [0.1, 0.15) is 0 Å². The molecule has 250 valence electrons. The molecule has 0 amide bonds. The second kappa shape index (κ2) is 12.3. The Balaban J connectivity index is 1.12. The van der Waals surface area contributed by atoms with Gasteiger partial charge in [0.05, 0.1) is 0 Å². The molecule has 0 saturated carbocycles. The molecule has 0 saturated heterocycles. The van der Waals surface area contributed by atoms with Gasteiger partial charge in [0.25, 0.3) is 0 Å². The minimum Gasteiger partial charge on any atom is -0.0616 e. The Bertz CT molecular complexity index is 3270. The maximum absolute atomic E-state index is 2.43. The van der Waals surface area contributed by atoms with Crippen LogP contribution in [0.25, 0.3) is 109 Å². The second-order valence-electron chi connectivity index (χ2n) is 14.5. The Morgan fingerprint density at radius 2 is 0.444 bits per heavy atom. The highest BCUT2D eigenvalue weighted by molar-refractivity contribution is 6.22. The first-order valence-electron chi connectivity index (χ1n) is 18.7. The molecule has 0 fully saturated rings. The Kier molecular flexibility index (Phi) is 6.97. The van der Waals surface area contributed by atoms with Gasteiger partial charge in [-0.25, -0.2) is 0 Å². The van der Waals surface area contributed by atoms with Crippen LogP contribution in [0.2, 0.25) is 0 Å². The predicted octanol–water partition coefficient (Wildman–Crippen LogP) is 15.3. The van der Waals surface area contributed by atoms with Gasteiger partial charge in [-0.15, -0.1) is 0 Å². The minimum absolute atomic E-state index is 1.21. The molecule has 0 aliphatic carbocycles. The fraction of sp³-hybridized carbons (Fsp3) is 0. The highest BCUT2D eigenvalue weighted by Gasteiger charge is 2.18. The Labute approximate surface area is 314 Å². The summed E-state index contributed by atoms with van der Waals surface area (Å²) in [6.07, 6.45) is 0. The minimum atomic E-state index is 1.21. The third kappa shape index (κ3) is 5.07. The van der Waals surface area contributed by atoms with Crippen molar-refractivity contribution in [3.8, 4) is 44.5 Å². The van der Waals surface area contributed by atoms with Crippen LogP contribution >= 0.6 is 0 Å². The van der Waals surface area contributed by atoms with Crippen LogP contribution in [0.1, 0.15) is 0 Å². The molecule has 11 aromatic rings. The SMILES string of the molecule is c1ccc2cc(-c3ccc4cc(-c5ccc6c(-c7ccc8ccccc8c7)c7ccccc7c(-c7ccc8ccccc8c7)c6c5)ccc4c3)ccc2c1. The highest BCUT2D eigenvalue weighted by atomic mass is 14.2. The average molecular weight is 683 g/mol. The summed E-state index contributed by atoms with van der Waals surface area (Å²) in [5.74, 6) is 0. The maximum Gasteiger partial charge on any atom is -0.00259 e. The molecule has 0 N–H and O–H groups in total. The lowest BCUT2D eigenvalue weighted by atomic mass is 9.84. The Morgan fingerprint density at radius 1 is 0.167 bits per heavy atom. The van der Waals surface area contributed by atoms with Crippen LogP contribution in [0.5, 0.6) is 0 Å². The largest absolute Gasteiger partial charge is 0.0616 e. The van der Waals surface area contributed by atoms with Gasteiger partial charge in [-0.3, -0.25) is 0 Å². The highest BCUT2D eigenvalue weighted by Crippen LogP contribution is 2.46. The molecule has 54 heavy (non-hydrogen) atoms. The van der Waals surface area contributed by atoms with E-state index in [1.54, 1.807) is 0 Å². The molecule has 0 bridgehead atoms. The van der Waals surface area contributed by atoms with Crippen LogP contribution in [0.15, 0.2) is 206 Å². The summed E-state index contributed by atoms with van der Waals surface area (Å²) < 4.78 is 0. The molecule has 0 aromatic heterocycles. The Hall–Kier alpha value is -7.02. The van der Waals surface area contributed by atoms with E-state index in [9.17, 15) is 0 Å². The third-order valence-corrected chi connectivity index (χ3v) is 11.4. The lowest BCUT2D eigenvalue weighted by molar-refractivity contribution is 1.65. The van der Waals surface area contributed by atoms with E-state index in [0.717, 1.165) is 0 Å². The van der Waals surface area contributed by atoms with E-state index in [2.05, 4.69) is 206 Å². The summed E-state index contributed by atoms with van der Waals surface area (Å²) in [5, 5.41) is 15.1. The van der Waals surface area contributed by atoms with Crippen molar-refractivity contribution in [2.75, 3.05) is 0 Å². The van der Waals surface area contributed by atoms with E-state index in [0.29, 0.717) is 0 Å². The second-order valence-corrected chi connectivity index (χ2v) is 14.5. The topological polar surface area (TPSA) is 0 Å². The van der Waals surface area contributed by atoms with Gasteiger partial charge in [0.15, 0.2) is 0 Å². The van der Waals surface area contributed by atoms with Crippen LogP contribution in [-0.4, -0.2) is 0 Å². The summed E-state index contributed by atoms with van der Waals surface area (Å²) in [5.41, 5.74) is 9.93. The first-order valence-corrected chi connectivity index (χ1v) is 18.7. The Morgan fingerprint density at radius 3 is 0.907 bits per heavy atom. The monoisotopic (exact) mass is 682 g/mol. The van der Waals surface area contributed by atoms with Crippen molar-refractivity contribution in [2.45, 2.75) is 0 Å². The number of hydrogen-bond donors (Lipinski definition) is 0. The summed E-state index contributed by atoms with van der Waals surface area (Å²) in [6.45, 7) is 0. The smallest absolute Gasteiger partial charge is 0.00259 e. The van der Waals surface area contributed by atoms with Crippen molar-refractivity contribution in [3.05, 3.63) is 206 Å². The lowest BCUT2D eigenvalue weighted by Crippen LogP contribution is -1.92. The molecule has 0 aliphatic rings. The van der Waals surface area contributed by atoms with Gasteiger partial charge in [0.2, 0.25) is 0 Å². The van der Waals surface area contributed by atoms with Crippen molar-refractivity contribution < 1.29 is 0 Å². The molecular formula is C54H34. The van der Waals surface area contributed by atoms with Crippen molar-refractivity contribution in [2.24, 2.45) is 0 Å². The number of hydrogen-bond acceptors (Lipinski definition) is 0. The normalized spacial score (nSPS) is 11.7. The molecular weight excluding hydrogens is 649 g/mol. The first-order chi connectivity index (χ1) is 26.7. The molecule has 0 heteroatoms. The van der Waals surface area contributed by atoms with Crippen molar-refractivity contribution in [1.29, 1.82) is 0 Å². The quantitative estimate of drug-likeness (QED) is 0.162. The van der Waals surface area contributed by atoms with E-state index in [4.69, 9.17) is 0 Å². The van der Waals surface area contributed by atoms with Gasteiger partial charge in [-0.2, -0.15) is 0 Å². The predicted molar refractivity (Wildman–Crippen MR) is 233 cm³/mol. The van der Waals surface area contributed by atoms with Crippen molar-refractivity contribution in [1.82, 2.24) is 0 Å². The van der Waals surface area contributed by atoms with Gasteiger partial charge in [0, 0.05) is 0 Å². The molecule has 0 unspecified atom stereocenters. The lowest BCUT2D eigenvalue weighted by Gasteiger charge is -2.19. The van der Waals surface area contributed by atoms with E-state index in [1.807, 2.05) is 0 Å². The van der Waals surface area contributed by atoms with Gasteiger partial charge in [-0.05, 0) is 146 Å². The maximum atomic E-state index is 2.43. The molecule has 0 atom stereocenters. The molecule has 0 radical (unpaired) electrons. The van der Waals surface area contributed by atoms with Crippen LogP contribution in [0, 0.1) is 0 Å². The van der Waals surface area contributed by atoms with Crippen LogP contribution in [0.3, 0.4) is 0 Å². The zero-order valence-corrected chi connectivity index (χ0v) is 29.6. The summed E-state index contributed by atoms with van der Waals surface area (Å²) in [4.78, 5) is 0. The average Bonchev–Trinajstić information content (AvgIpc) is 3.24. The van der Waals surface area contributed by atoms with Crippen molar-refractivity contribution in [3.63, 3.8) is 0 Å². The standard InChI is InChI=1S/C54H34/c1-4-12-38-29-41(20-17-35(38)9-1)42-21-22-44-31-45(24-23-43(44)30-42)46-27-28-51-52(34-46)54(48-26-19-37-11-3-6-14-40(37)33-48)50-16-8-7-15-49(50)53(51)47-25-18-36-10-2-5-13-39(36)32-47/h1-34H.